The van der Waals surface area contributed by atoms with Gasteiger partial charge in [0.2, 0.25) is 11.9 Å². The van der Waals surface area contributed by atoms with E-state index in [1.54, 1.807) is 12.1 Å². The number of rotatable bonds is 6. The van der Waals surface area contributed by atoms with Gasteiger partial charge in [-0.2, -0.15) is 15.0 Å². The molecule has 0 saturated carbocycles. The standard InChI is InChI=1S/C18H17N5O2S/c1-26-14-10-6-5-9-13(14)16(24)25-11-15-21-17(19)23-18(22-15)20-12-7-3-2-4-8-12/h2-10H,11H2,1H3,(H3,19,20,21,22,23). The third-order valence-electron chi connectivity index (χ3n) is 3.39. The predicted octanol–water partition coefficient (Wildman–Crippen LogP) is 3.28. The number of nitrogen functional groups attached to an aromatic ring is 1. The molecule has 1 aromatic heterocycles. The number of hydrogen-bond acceptors (Lipinski definition) is 8. The Kier molecular flexibility index (Phi) is 5.65. The maximum absolute atomic E-state index is 12.3. The number of anilines is 3. The summed E-state index contributed by atoms with van der Waals surface area (Å²) in [6.07, 6.45) is 1.90. The van der Waals surface area contributed by atoms with Gasteiger partial charge in [0.05, 0.1) is 5.56 Å². The van der Waals surface area contributed by atoms with Gasteiger partial charge in [-0.25, -0.2) is 4.79 Å². The minimum atomic E-state index is -0.438. The molecule has 3 rings (SSSR count). The topological polar surface area (TPSA) is 103 Å². The Morgan fingerprint density at radius 2 is 1.81 bits per heavy atom. The van der Waals surface area contributed by atoms with Crippen LogP contribution in [0, 0.1) is 0 Å². The van der Waals surface area contributed by atoms with Crippen molar-refractivity contribution in [1.29, 1.82) is 0 Å². The molecule has 2 aromatic carbocycles. The molecule has 0 amide bonds. The second kappa shape index (κ2) is 8.30. The molecule has 0 spiro atoms. The van der Waals surface area contributed by atoms with Gasteiger partial charge in [0, 0.05) is 10.6 Å². The van der Waals surface area contributed by atoms with Crippen LogP contribution in [-0.2, 0) is 11.3 Å². The first-order valence-corrected chi connectivity index (χ1v) is 9.01. The molecule has 0 bridgehead atoms. The minimum Gasteiger partial charge on any atom is -0.454 e. The number of carbonyl (C=O) groups is 1. The van der Waals surface area contributed by atoms with Crippen LogP contribution in [0.1, 0.15) is 16.2 Å². The number of nitrogens with one attached hydrogen (secondary N) is 1. The number of nitrogens with two attached hydrogens (primary N) is 1. The molecule has 0 aliphatic carbocycles. The minimum absolute atomic E-state index is 0.0500. The lowest BCUT2D eigenvalue weighted by atomic mass is 10.2. The van der Waals surface area contributed by atoms with Crippen molar-refractivity contribution >= 4 is 35.3 Å². The highest BCUT2D eigenvalue weighted by molar-refractivity contribution is 7.98. The first-order valence-electron chi connectivity index (χ1n) is 7.78. The maximum atomic E-state index is 12.3. The lowest BCUT2D eigenvalue weighted by Crippen LogP contribution is -2.11. The summed E-state index contributed by atoms with van der Waals surface area (Å²) in [6.45, 7) is -0.0995. The first kappa shape index (κ1) is 17.7. The van der Waals surface area contributed by atoms with Crippen LogP contribution in [0.5, 0.6) is 0 Å². The molecule has 3 aromatic rings. The van der Waals surface area contributed by atoms with Crippen LogP contribution in [-0.4, -0.2) is 27.2 Å². The van der Waals surface area contributed by atoms with Crippen molar-refractivity contribution in [3.8, 4) is 0 Å². The molecule has 0 aliphatic heterocycles. The summed E-state index contributed by atoms with van der Waals surface area (Å²) in [5.74, 6) is 0.172. The predicted molar refractivity (Wildman–Crippen MR) is 101 cm³/mol. The molecule has 3 N–H and O–H groups in total. The molecule has 8 heteroatoms. The molecule has 1 heterocycles. The summed E-state index contributed by atoms with van der Waals surface area (Å²) < 4.78 is 5.33. The van der Waals surface area contributed by atoms with Crippen LogP contribution in [0.25, 0.3) is 0 Å². The average molecular weight is 367 g/mol. The van der Waals surface area contributed by atoms with E-state index in [4.69, 9.17) is 10.5 Å². The van der Waals surface area contributed by atoms with Gasteiger partial charge in [0.15, 0.2) is 12.4 Å². The molecular formula is C18H17N5O2S. The van der Waals surface area contributed by atoms with Gasteiger partial charge in [0.25, 0.3) is 0 Å². The summed E-state index contributed by atoms with van der Waals surface area (Å²) in [4.78, 5) is 25.5. The second-order valence-electron chi connectivity index (χ2n) is 5.20. The van der Waals surface area contributed by atoms with E-state index in [0.717, 1.165) is 10.6 Å². The van der Waals surface area contributed by atoms with Crippen LogP contribution < -0.4 is 11.1 Å². The van der Waals surface area contributed by atoms with E-state index in [9.17, 15) is 4.79 Å². The Morgan fingerprint density at radius 3 is 2.58 bits per heavy atom. The molecule has 0 fully saturated rings. The Hall–Kier alpha value is -3.13. The number of hydrogen-bond donors (Lipinski definition) is 2. The van der Waals surface area contributed by atoms with Gasteiger partial charge in [0.1, 0.15) is 0 Å². The number of ether oxygens (including phenoxy) is 1. The van der Waals surface area contributed by atoms with Gasteiger partial charge < -0.3 is 15.8 Å². The van der Waals surface area contributed by atoms with E-state index in [1.807, 2.05) is 48.7 Å². The zero-order chi connectivity index (χ0) is 18.4. The van der Waals surface area contributed by atoms with Gasteiger partial charge >= 0.3 is 5.97 Å². The second-order valence-corrected chi connectivity index (χ2v) is 6.05. The molecule has 7 nitrogen and oxygen atoms in total. The zero-order valence-corrected chi connectivity index (χ0v) is 14.9. The van der Waals surface area contributed by atoms with E-state index in [0.29, 0.717) is 11.5 Å². The monoisotopic (exact) mass is 367 g/mol. The zero-order valence-electron chi connectivity index (χ0n) is 14.0. The highest BCUT2D eigenvalue weighted by Gasteiger charge is 2.13. The Labute approximate surface area is 155 Å². The molecule has 0 saturated heterocycles. The van der Waals surface area contributed by atoms with Crippen LogP contribution in [0.4, 0.5) is 17.6 Å². The van der Waals surface area contributed by atoms with Crippen LogP contribution in [0.3, 0.4) is 0 Å². The SMILES string of the molecule is CSc1ccccc1C(=O)OCc1nc(N)nc(Nc2ccccc2)n1. The van der Waals surface area contributed by atoms with Crippen molar-refractivity contribution in [3.05, 3.63) is 66.0 Å². The highest BCUT2D eigenvalue weighted by Crippen LogP contribution is 2.21. The van der Waals surface area contributed by atoms with E-state index in [1.165, 1.54) is 11.8 Å². The van der Waals surface area contributed by atoms with Crippen molar-refractivity contribution in [2.75, 3.05) is 17.3 Å². The van der Waals surface area contributed by atoms with E-state index in [-0.39, 0.29) is 18.4 Å². The quantitative estimate of drug-likeness (QED) is 0.505. The van der Waals surface area contributed by atoms with E-state index in [2.05, 4.69) is 20.3 Å². The Balaban J connectivity index is 1.71. The third-order valence-corrected chi connectivity index (χ3v) is 4.18. The van der Waals surface area contributed by atoms with E-state index < -0.39 is 5.97 Å². The normalized spacial score (nSPS) is 10.3. The summed E-state index contributed by atoms with van der Waals surface area (Å²) >= 11 is 1.48. The fourth-order valence-corrected chi connectivity index (χ4v) is 2.82. The molecule has 0 aliphatic rings. The van der Waals surface area contributed by atoms with Crippen LogP contribution in [0.15, 0.2) is 59.5 Å². The molecular weight excluding hydrogens is 350 g/mol. The number of nitrogens with zero attached hydrogens (tertiary/aromatic N) is 3. The van der Waals surface area contributed by atoms with Crippen LogP contribution >= 0.6 is 11.8 Å². The number of esters is 1. The molecule has 132 valence electrons. The lowest BCUT2D eigenvalue weighted by molar-refractivity contribution is 0.0458. The summed E-state index contributed by atoms with van der Waals surface area (Å²) in [6, 6.07) is 16.7. The summed E-state index contributed by atoms with van der Waals surface area (Å²) in [7, 11) is 0. The number of carbonyl (C=O) groups excluding carboxylic acids is 1. The lowest BCUT2D eigenvalue weighted by Gasteiger charge is -2.09. The van der Waals surface area contributed by atoms with Crippen molar-refractivity contribution in [2.24, 2.45) is 0 Å². The van der Waals surface area contributed by atoms with Gasteiger partial charge in [-0.05, 0) is 30.5 Å². The number of thioether (sulfide) groups is 1. The van der Waals surface area contributed by atoms with Crippen molar-refractivity contribution < 1.29 is 9.53 Å². The summed E-state index contributed by atoms with van der Waals surface area (Å²) in [5, 5.41) is 3.04. The highest BCUT2D eigenvalue weighted by atomic mass is 32.2. The number of aromatic nitrogens is 3. The molecule has 26 heavy (non-hydrogen) atoms. The summed E-state index contributed by atoms with van der Waals surface area (Å²) in [5.41, 5.74) is 7.05. The van der Waals surface area contributed by atoms with Crippen molar-refractivity contribution in [1.82, 2.24) is 15.0 Å². The van der Waals surface area contributed by atoms with Crippen LogP contribution in [0.2, 0.25) is 0 Å². The Bertz CT molecular complexity index is 905. The largest absolute Gasteiger partial charge is 0.454 e. The third kappa shape index (κ3) is 4.48. The molecule has 0 unspecified atom stereocenters. The fraction of sp³-hybridized carbons (Fsp3) is 0.111. The van der Waals surface area contributed by atoms with Gasteiger partial charge in [-0.1, -0.05) is 30.3 Å². The Morgan fingerprint density at radius 1 is 1.08 bits per heavy atom. The first-order chi connectivity index (χ1) is 12.7. The van der Waals surface area contributed by atoms with Gasteiger partial charge in [-0.15, -0.1) is 11.8 Å². The maximum Gasteiger partial charge on any atom is 0.339 e. The number of para-hydroxylation sites is 1. The molecule has 0 atom stereocenters. The van der Waals surface area contributed by atoms with E-state index >= 15 is 0 Å². The average Bonchev–Trinajstić information content (AvgIpc) is 2.66. The molecule has 0 radical (unpaired) electrons. The van der Waals surface area contributed by atoms with Gasteiger partial charge in [-0.3, -0.25) is 0 Å². The number of benzene rings is 2. The smallest absolute Gasteiger partial charge is 0.339 e. The van der Waals surface area contributed by atoms with Crippen molar-refractivity contribution in [2.45, 2.75) is 11.5 Å². The van der Waals surface area contributed by atoms with Crippen molar-refractivity contribution in [3.63, 3.8) is 0 Å². The fourth-order valence-electron chi connectivity index (χ4n) is 2.23.